The van der Waals surface area contributed by atoms with Gasteiger partial charge in [0.2, 0.25) is 0 Å². The summed E-state index contributed by atoms with van der Waals surface area (Å²) in [7, 11) is 1.61. The molecule has 1 heterocycles. The first kappa shape index (κ1) is 19.9. The minimum absolute atomic E-state index is 0.497. The van der Waals surface area contributed by atoms with Gasteiger partial charge in [-0.05, 0) is 42.3 Å². The molecule has 142 valence electrons. The van der Waals surface area contributed by atoms with Gasteiger partial charge in [0.05, 0.1) is 25.0 Å². The van der Waals surface area contributed by atoms with E-state index in [9.17, 15) is 5.26 Å². The number of hydrogen-bond donors (Lipinski definition) is 0. The van der Waals surface area contributed by atoms with E-state index >= 15 is 0 Å². The van der Waals surface area contributed by atoms with Crippen LogP contribution in [0.4, 0.5) is 0 Å². The summed E-state index contributed by atoms with van der Waals surface area (Å²) >= 11 is 7.38. The number of halogens is 1. The molecule has 0 spiro atoms. The van der Waals surface area contributed by atoms with Gasteiger partial charge in [0.1, 0.15) is 11.1 Å². The van der Waals surface area contributed by atoms with Gasteiger partial charge in [0.25, 0.3) is 0 Å². The monoisotopic (exact) mass is 410 g/mol. The van der Waals surface area contributed by atoms with Crippen molar-refractivity contribution in [3.05, 3.63) is 63.4 Å². The molecule has 0 saturated heterocycles. The van der Waals surface area contributed by atoms with Crippen molar-refractivity contribution in [2.24, 2.45) is 0 Å². The lowest BCUT2D eigenvalue weighted by Crippen LogP contribution is -1.98. The second-order valence-electron chi connectivity index (χ2n) is 5.97. The fourth-order valence-corrected chi connectivity index (χ4v) is 3.49. The van der Waals surface area contributed by atoms with Crippen LogP contribution in [-0.2, 0) is 0 Å². The summed E-state index contributed by atoms with van der Waals surface area (Å²) in [6.07, 6.45) is 2.71. The van der Waals surface area contributed by atoms with Crippen molar-refractivity contribution in [1.82, 2.24) is 4.98 Å². The molecule has 0 radical (unpaired) electrons. The topological polar surface area (TPSA) is 55.1 Å². The molecule has 6 heteroatoms. The molecule has 4 nitrogen and oxygen atoms in total. The van der Waals surface area contributed by atoms with E-state index in [1.54, 1.807) is 7.11 Å². The second-order valence-corrected chi connectivity index (χ2v) is 7.27. The molecule has 0 saturated carbocycles. The first-order chi connectivity index (χ1) is 13.6. The Morgan fingerprint density at radius 3 is 2.68 bits per heavy atom. The summed E-state index contributed by atoms with van der Waals surface area (Å²) in [4.78, 5) is 4.61. The first-order valence-electron chi connectivity index (χ1n) is 8.79. The number of hydrogen-bond acceptors (Lipinski definition) is 5. The smallest absolute Gasteiger partial charge is 0.161 e. The number of benzene rings is 2. The Kier molecular flexibility index (Phi) is 6.70. The molecule has 0 unspecified atom stereocenters. The molecular formula is C22H19ClN2O2S. The van der Waals surface area contributed by atoms with E-state index in [0.717, 1.165) is 23.2 Å². The number of ether oxygens (including phenoxy) is 2. The van der Waals surface area contributed by atoms with Gasteiger partial charge in [0, 0.05) is 16.0 Å². The number of allylic oxidation sites excluding steroid dienone is 1. The summed E-state index contributed by atoms with van der Waals surface area (Å²) in [6.45, 7) is 2.65. The van der Waals surface area contributed by atoms with Crippen LogP contribution < -0.4 is 9.47 Å². The van der Waals surface area contributed by atoms with E-state index in [-0.39, 0.29) is 0 Å². The Labute approximate surface area is 173 Å². The minimum atomic E-state index is 0.497. The van der Waals surface area contributed by atoms with Crippen molar-refractivity contribution in [2.75, 3.05) is 13.7 Å². The highest BCUT2D eigenvalue weighted by atomic mass is 35.5. The number of rotatable bonds is 7. The fraction of sp³-hybridized carbons (Fsp3) is 0.182. The van der Waals surface area contributed by atoms with Crippen LogP contribution in [0.15, 0.2) is 47.8 Å². The van der Waals surface area contributed by atoms with Crippen LogP contribution in [0.1, 0.15) is 23.9 Å². The van der Waals surface area contributed by atoms with Crippen LogP contribution in [0.3, 0.4) is 0 Å². The Bertz CT molecular complexity index is 1020. The van der Waals surface area contributed by atoms with Crippen LogP contribution in [0.5, 0.6) is 11.5 Å². The molecule has 0 aliphatic carbocycles. The summed E-state index contributed by atoms with van der Waals surface area (Å²) in [5, 5.41) is 12.9. The molecule has 28 heavy (non-hydrogen) atoms. The third-order valence-corrected chi connectivity index (χ3v) is 5.08. The van der Waals surface area contributed by atoms with Crippen molar-refractivity contribution < 1.29 is 9.47 Å². The highest BCUT2D eigenvalue weighted by Crippen LogP contribution is 2.31. The van der Waals surface area contributed by atoms with E-state index in [1.165, 1.54) is 11.3 Å². The Hall–Kier alpha value is -2.81. The molecule has 0 N–H and O–H groups in total. The quantitative estimate of drug-likeness (QED) is 0.427. The highest BCUT2D eigenvalue weighted by Gasteiger charge is 2.11. The fourth-order valence-electron chi connectivity index (χ4n) is 2.57. The molecule has 0 aliphatic heterocycles. The van der Waals surface area contributed by atoms with Gasteiger partial charge in [-0.25, -0.2) is 4.98 Å². The lowest BCUT2D eigenvalue weighted by Gasteiger charge is -2.10. The first-order valence-corrected chi connectivity index (χ1v) is 10.0. The van der Waals surface area contributed by atoms with Crippen LogP contribution in [0, 0.1) is 11.3 Å². The van der Waals surface area contributed by atoms with E-state index in [2.05, 4.69) is 11.1 Å². The largest absolute Gasteiger partial charge is 0.493 e. The number of nitrogens with zero attached hydrogens (tertiary/aromatic N) is 2. The normalized spacial score (nSPS) is 11.1. The van der Waals surface area contributed by atoms with Gasteiger partial charge in [-0.2, -0.15) is 5.26 Å². The summed E-state index contributed by atoms with van der Waals surface area (Å²) in [5.74, 6) is 1.33. The van der Waals surface area contributed by atoms with E-state index in [0.29, 0.717) is 33.7 Å². The Balaban J connectivity index is 1.90. The van der Waals surface area contributed by atoms with Gasteiger partial charge in [0.15, 0.2) is 11.5 Å². The zero-order valence-electron chi connectivity index (χ0n) is 15.6. The summed E-state index contributed by atoms with van der Waals surface area (Å²) in [6, 6.07) is 15.3. The third-order valence-electron chi connectivity index (χ3n) is 3.96. The Morgan fingerprint density at radius 1 is 1.21 bits per heavy atom. The average Bonchev–Trinajstić information content (AvgIpc) is 3.21. The molecule has 1 aromatic heterocycles. The van der Waals surface area contributed by atoms with E-state index < -0.39 is 0 Å². The number of methoxy groups -OCH3 is 1. The van der Waals surface area contributed by atoms with Crippen molar-refractivity contribution in [2.45, 2.75) is 13.3 Å². The SMILES string of the molecule is CCCOc1cc(/C=C(/C#N)c2nc(-c3ccc(Cl)cc3)cs2)ccc1OC. The number of nitriles is 1. The standard InChI is InChI=1S/C22H19ClN2O2S/c1-3-10-27-21-12-15(4-9-20(21)26-2)11-17(13-24)22-25-19(14-28-22)16-5-7-18(23)8-6-16/h4-9,11-12,14H,3,10H2,1-2H3/b17-11-. The number of thiazole rings is 1. The molecule has 0 amide bonds. The summed E-state index contributed by atoms with van der Waals surface area (Å²) < 4.78 is 11.1. The van der Waals surface area contributed by atoms with Gasteiger partial charge in [-0.3, -0.25) is 0 Å². The van der Waals surface area contributed by atoms with Crippen LogP contribution in [0.2, 0.25) is 5.02 Å². The number of aromatic nitrogens is 1. The van der Waals surface area contributed by atoms with Crippen molar-refractivity contribution >= 4 is 34.6 Å². The molecule has 0 fully saturated rings. The molecule has 2 aromatic carbocycles. The van der Waals surface area contributed by atoms with Gasteiger partial charge in [-0.15, -0.1) is 11.3 Å². The molecule has 0 aliphatic rings. The minimum Gasteiger partial charge on any atom is -0.493 e. The zero-order valence-corrected chi connectivity index (χ0v) is 17.2. The lowest BCUT2D eigenvalue weighted by molar-refractivity contribution is 0.294. The highest BCUT2D eigenvalue weighted by molar-refractivity contribution is 7.11. The maximum Gasteiger partial charge on any atom is 0.161 e. The average molecular weight is 411 g/mol. The Morgan fingerprint density at radius 2 is 2.00 bits per heavy atom. The van der Waals surface area contributed by atoms with Crippen LogP contribution in [0.25, 0.3) is 22.9 Å². The van der Waals surface area contributed by atoms with Gasteiger partial charge in [-0.1, -0.05) is 36.7 Å². The maximum absolute atomic E-state index is 9.64. The van der Waals surface area contributed by atoms with E-state index in [1.807, 2.05) is 60.8 Å². The maximum atomic E-state index is 9.64. The third kappa shape index (κ3) is 4.72. The van der Waals surface area contributed by atoms with Crippen molar-refractivity contribution in [3.63, 3.8) is 0 Å². The second kappa shape index (κ2) is 9.41. The molecule has 0 atom stereocenters. The molecule has 3 rings (SSSR count). The predicted molar refractivity (Wildman–Crippen MR) is 115 cm³/mol. The van der Waals surface area contributed by atoms with Crippen LogP contribution in [-0.4, -0.2) is 18.7 Å². The lowest BCUT2D eigenvalue weighted by atomic mass is 10.1. The van der Waals surface area contributed by atoms with Crippen molar-refractivity contribution in [3.8, 4) is 28.8 Å². The zero-order chi connectivity index (χ0) is 19.9. The molecule has 3 aromatic rings. The summed E-state index contributed by atoms with van der Waals surface area (Å²) in [5.41, 5.74) is 3.13. The van der Waals surface area contributed by atoms with Gasteiger partial charge < -0.3 is 9.47 Å². The van der Waals surface area contributed by atoms with Crippen LogP contribution >= 0.6 is 22.9 Å². The van der Waals surface area contributed by atoms with Crippen molar-refractivity contribution in [1.29, 1.82) is 5.26 Å². The molecule has 0 bridgehead atoms. The van der Waals surface area contributed by atoms with Gasteiger partial charge >= 0.3 is 0 Å². The molecular weight excluding hydrogens is 392 g/mol. The van der Waals surface area contributed by atoms with E-state index in [4.69, 9.17) is 21.1 Å². The predicted octanol–water partition coefficient (Wildman–Crippen LogP) is 6.33.